The van der Waals surface area contributed by atoms with Crippen molar-refractivity contribution in [3.8, 4) is 0 Å². The van der Waals surface area contributed by atoms with Gasteiger partial charge in [-0.1, -0.05) is 60.7 Å². The Kier molecular flexibility index (Phi) is 6.45. The number of carbonyl (C=O) groups excluding carboxylic acids is 2. The van der Waals surface area contributed by atoms with Gasteiger partial charge in [-0.3, -0.25) is 4.79 Å². The number of quaternary nitrogens is 1. The molecule has 3 aliphatic rings. The van der Waals surface area contributed by atoms with Gasteiger partial charge in [0.25, 0.3) is 5.60 Å². The van der Waals surface area contributed by atoms with Crippen LogP contribution in [0.3, 0.4) is 0 Å². The number of nitrogens with two attached hydrogens (primary N) is 1. The number of esters is 2. The highest BCUT2D eigenvalue weighted by atomic mass is 16.6. The van der Waals surface area contributed by atoms with Gasteiger partial charge in [0.1, 0.15) is 6.04 Å². The third-order valence-electron chi connectivity index (χ3n) is 8.27. The number of carbonyl (C=O) groups is 2. The van der Waals surface area contributed by atoms with Gasteiger partial charge in [-0.15, -0.1) is 0 Å². The first-order valence-corrected chi connectivity index (χ1v) is 12.7. The number of hydrogen-bond acceptors (Lipinski definition) is 5. The zero-order chi connectivity index (χ0) is 23.6. The molecule has 2 aromatic carbocycles. The lowest BCUT2D eigenvalue weighted by atomic mass is 9.85. The summed E-state index contributed by atoms with van der Waals surface area (Å²) in [6.45, 7) is 2.77. The second-order valence-electron chi connectivity index (χ2n) is 10.0. The van der Waals surface area contributed by atoms with Crippen molar-refractivity contribution in [2.45, 2.75) is 68.7 Å². The summed E-state index contributed by atoms with van der Waals surface area (Å²) in [5.41, 5.74) is 5.17. The monoisotopic (exact) mass is 463 g/mol. The van der Waals surface area contributed by atoms with Gasteiger partial charge in [-0.05, 0) is 13.0 Å². The molecule has 0 radical (unpaired) electrons. The smallest absolute Gasteiger partial charge is 0.360 e. The molecule has 6 heteroatoms. The van der Waals surface area contributed by atoms with Gasteiger partial charge in [0.2, 0.25) is 0 Å². The van der Waals surface area contributed by atoms with Gasteiger partial charge in [0, 0.05) is 49.7 Å². The van der Waals surface area contributed by atoms with Crippen LogP contribution in [0.1, 0.15) is 56.1 Å². The van der Waals surface area contributed by atoms with Crippen LogP contribution in [0.2, 0.25) is 0 Å². The molecule has 2 N–H and O–H groups in total. The van der Waals surface area contributed by atoms with Crippen LogP contribution >= 0.6 is 0 Å². The maximum Gasteiger partial charge on any atom is 0.360 e. The van der Waals surface area contributed by atoms with Crippen LogP contribution in [0.4, 0.5) is 0 Å². The normalized spacial score (nSPS) is 24.9. The van der Waals surface area contributed by atoms with Crippen LogP contribution in [0.25, 0.3) is 0 Å². The predicted octanol–water partition coefficient (Wildman–Crippen LogP) is 3.67. The van der Waals surface area contributed by atoms with E-state index in [1.807, 2.05) is 60.7 Å². The van der Waals surface area contributed by atoms with E-state index in [4.69, 9.17) is 15.2 Å². The van der Waals surface area contributed by atoms with Crippen molar-refractivity contribution in [1.82, 2.24) is 0 Å². The van der Waals surface area contributed by atoms with Gasteiger partial charge < -0.3 is 19.7 Å². The molecule has 2 aromatic rings. The SMILES string of the molecule is NCCCC(=O)OC(C(=O)OC1CC2CCC1[N+]21CCCC1)(c1ccccc1)c1ccccc1. The van der Waals surface area contributed by atoms with Crippen LogP contribution in [-0.2, 0) is 24.7 Å². The third kappa shape index (κ3) is 3.83. The summed E-state index contributed by atoms with van der Waals surface area (Å²) in [4.78, 5) is 27.1. The molecule has 0 aromatic heterocycles. The van der Waals surface area contributed by atoms with Crippen LogP contribution in [0.5, 0.6) is 0 Å². The molecular formula is C28H35N2O4+. The van der Waals surface area contributed by atoms with E-state index in [9.17, 15) is 9.59 Å². The molecule has 0 aliphatic carbocycles. The minimum atomic E-state index is -1.65. The molecule has 0 amide bonds. The highest BCUT2D eigenvalue weighted by molar-refractivity contribution is 5.89. The van der Waals surface area contributed by atoms with Crippen LogP contribution in [0, 0.1) is 0 Å². The molecule has 2 bridgehead atoms. The fourth-order valence-corrected chi connectivity index (χ4v) is 6.76. The molecular weight excluding hydrogens is 428 g/mol. The van der Waals surface area contributed by atoms with E-state index in [2.05, 4.69) is 0 Å². The maximum absolute atomic E-state index is 14.2. The molecule has 34 heavy (non-hydrogen) atoms. The minimum Gasteiger partial charge on any atom is -0.452 e. The molecule has 3 heterocycles. The number of benzene rings is 2. The lowest BCUT2D eigenvalue weighted by molar-refractivity contribution is -0.938. The molecule has 3 aliphatic heterocycles. The molecule has 3 atom stereocenters. The Morgan fingerprint density at radius 1 is 0.941 bits per heavy atom. The topological polar surface area (TPSA) is 78.6 Å². The molecule has 3 unspecified atom stereocenters. The Morgan fingerprint density at radius 2 is 1.56 bits per heavy atom. The highest BCUT2D eigenvalue weighted by Crippen LogP contribution is 2.49. The fraction of sp³-hybridized carbons (Fsp3) is 0.500. The van der Waals surface area contributed by atoms with E-state index in [-0.39, 0.29) is 12.5 Å². The van der Waals surface area contributed by atoms with Crippen molar-refractivity contribution in [3.63, 3.8) is 0 Å². The Hall–Kier alpha value is -2.70. The summed E-state index contributed by atoms with van der Waals surface area (Å²) >= 11 is 0. The molecule has 3 fully saturated rings. The van der Waals surface area contributed by atoms with E-state index in [0.717, 1.165) is 17.3 Å². The standard InChI is InChI=1S/C28H35N2O4/c29-17-9-14-26(31)34-28(21-10-3-1-4-11-21,22-12-5-2-6-13-22)27(32)33-25-20-23-15-16-24(25)30(23)18-7-8-19-30/h1-6,10-13,23-25H,7-9,14-20,29H2/q+1. The molecule has 1 spiro atoms. The van der Waals surface area contributed by atoms with Crippen molar-refractivity contribution in [1.29, 1.82) is 0 Å². The van der Waals surface area contributed by atoms with Gasteiger partial charge in [0.15, 0.2) is 6.10 Å². The first-order chi connectivity index (χ1) is 16.6. The second-order valence-corrected chi connectivity index (χ2v) is 10.0. The van der Waals surface area contributed by atoms with Gasteiger partial charge >= 0.3 is 11.9 Å². The minimum absolute atomic E-state index is 0.140. The van der Waals surface area contributed by atoms with Crippen molar-refractivity contribution < 1.29 is 23.5 Å². The quantitative estimate of drug-likeness (QED) is 0.477. The van der Waals surface area contributed by atoms with Gasteiger partial charge in [0.05, 0.1) is 19.1 Å². The molecule has 3 saturated heterocycles. The molecule has 0 saturated carbocycles. The van der Waals surface area contributed by atoms with E-state index in [1.54, 1.807) is 0 Å². The van der Waals surface area contributed by atoms with Crippen LogP contribution < -0.4 is 5.73 Å². The van der Waals surface area contributed by atoms with Crippen molar-refractivity contribution in [2.75, 3.05) is 19.6 Å². The predicted molar refractivity (Wildman–Crippen MR) is 129 cm³/mol. The third-order valence-corrected chi connectivity index (χ3v) is 8.27. The molecule has 5 rings (SSSR count). The lowest BCUT2D eigenvalue weighted by Crippen LogP contribution is -2.52. The Morgan fingerprint density at radius 3 is 2.15 bits per heavy atom. The summed E-state index contributed by atoms with van der Waals surface area (Å²) in [6, 6.07) is 19.5. The Balaban J connectivity index is 1.51. The van der Waals surface area contributed by atoms with E-state index >= 15 is 0 Å². The number of nitrogens with zero attached hydrogens (tertiary/aromatic N) is 1. The fourth-order valence-electron chi connectivity index (χ4n) is 6.76. The largest absolute Gasteiger partial charge is 0.452 e. The first-order valence-electron chi connectivity index (χ1n) is 12.7. The van der Waals surface area contributed by atoms with E-state index < -0.39 is 17.5 Å². The van der Waals surface area contributed by atoms with Crippen molar-refractivity contribution in [2.24, 2.45) is 5.73 Å². The zero-order valence-corrected chi connectivity index (χ0v) is 19.7. The van der Waals surface area contributed by atoms with E-state index in [1.165, 1.54) is 32.4 Å². The van der Waals surface area contributed by atoms with Gasteiger partial charge in [-0.2, -0.15) is 0 Å². The average molecular weight is 464 g/mol. The van der Waals surface area contributed by atoms with Crippen molar-refractivity contribution in [3.05, 3.63) is 71.8 Å². The summed E-state index contributed by atoms with van der Waals surface area (Å²) in [5, 5.41) is 0. The second kappa shape index (κ2) is 9.51. The average Bonchev–Trinajstić information content (AvgIpc) is 3.57. The molecule has 6 nitrogen and oxygen atoms in total. The summed E-state index contributed by atoms with van der Waals surface area (Å²) in [6.07, 6.45) is 6.24. The lowest BCUT2D eigenvalue weighted by Gasteiger charge is -2.36. The van der Waals surface area contributed by atoms with Crippen LogP contribution in [-0.4, -0.2) is 54.2 Å². The number of ether oxygens (including phenoxy) is 2. The Labute approximate surface area is 201 Å². The zero-order valence-electron chi connectivity index (χ0n) is 19.7. The maximum atomic E-state index is 14.2. The summed E-state index contributed by atoms with van der Waals surface area (Å²) < 4.78 is 13.6. The molecule has 180 valence electrons. The summed E-state index contributed by atoms with van der Waals surface area (Å²) in [5.74, 6) is -0.952. The Bertz CT molecular complexity index is 964. The number of hydrogen-bond donors (Lipinski definition) is 1. The first kappa shape index (κ1) is 23.1. The summed E-state index contributed by atoms with van der Waals surface area (Å²) in [7, 11) is 0. The van der Waals surface area contributed by atoms with Crippen molar-refractivity contribution >= 4 is 11.9 Å². The van der Waals surface area contributed by atoms with Crippen LogP contribution in [0.15, 0.2) is 60.7 Å². The van der Waals surface area contributed by atoms with Gasteiger partial charge in [-0.25, -0.2) is 4.79 Å². The van der Waals surface area contributed by atoms with E-state index in [0.29, 0.717) is 36.2 Å². The highest BCUT2D eigenvalue weighted by Gasteiger charge is 2.62. The number of rotatable bonds is 8.